The van der Waals surface area contributed by atoms with Crippen LogP contribution in [-0.4, -0.2) is 30.2 Å². The summed E-state index contributed by atoms with van der Waals surface area (Å²) in [5.74, 6) is 1.60. The van der Waals surface area contributed by atoms with E-state index in [2.05, 4.69) is 29.3 Å². The van der Waals surface area contributed by atoms with E-state index in [0.29, 0.717) is 12.0 Å². The first-order chi connectivity index (χ1) is 10.1. The summed E-state index contributed by atoms with van der Waals surface area (Å²) in [4.78, 5) is 2.11. The third-order valence-electron chi connectivity index (χ3n) is 4.35. The number of nitrogens with one attached hydrogen (secondary N) is 1. The average molecular weight is 306 g/mol. The number of thiocarbonyl (C=S) groups is 1. The van der Waals surface area contributed by atoms with Crippen molar-refractivity contribution in [2.24, 2.45) is 5.92 Å². The molecule has 4 heteroatoms. The molecule has 3 nitrogen and oxygen atoms in total. The molecule has 1 aliphatic carbocycles. The molecule has 1 aliphatic rings. The van der Waals surface area contributed by atoms with Gasteiger partial charge >= 0.3 is 0 Å². The maximum Gasteiger partial charge on any atom is 0.169 e. The van der Waals surface area contributed by atoms with Crippen molar-refractivity contribution in [1.82, 2.24) is 10.2 Å². The lowest BCUT2D eigenvalue weighted by Gasteiger charge is -2.33. The molecule has 1 N–H and O–H groups in total. The van der Waals surface area contributed by atoms with Crippen molar-refractivity contribution in [3.05, 3.63) is 29.8 Å². The summed E-state index contributed by atoms with van der Waals surface area (Å²) in [5, 5.41) is 4.40. The molecule has 0 unspecified atom stereocenters. The Morgan fingerprint density at radius 3 is 2.57 bits per heavy atom. The molecule has 116 valence electrons. The Kier molecular flexibility index (Phi) is 5.85. The van der Waals surface area contributed by atoms with Gasteiger partial charge in [-0.15, -0.1) is 0 Å². The van der Waals surface area contributed by atoms with Gasteiger partial charge in [-0.2, -0.15) is 0 Å². The largest absolute Gasteiger partial charge is 0.497 e. The molecule has 0 heterocycles. The van der Waals surface area contributed by atoms with Gasteiger partial charge in [-0.25, -0.2) is 0 Å². The second-order valence-electron chi connectivity index (χ2n) is 6.02. The van der Waals surface area contributed by atoms with E-state index in [-0.39, 0.29) is 0 Å². The number of nitrogens with zero attached hydrogens (tertiary/aromatic N) is 1. The molecule has 0 aromatic heterocycles. The SMILES string of the molecule is COc1ccc(CN(C)C(=S)N[C@H]2CCCC[C@H]2C)cc1. The van der Waals surface area contributed by atoms with Crippen LogP contribution in [0.4, 0.5) is 0 Å². The van der Waals surface area contributed by atoms with Gasteiger partial charge in [-0.1, -0.05) is 31.9 Å². The zero-order chi connectivity index (χ0) is 15.2. The second-order valence-corrected chi connectivity index (χ2v) is 6.41. The summed E-state index contributed by atoms with van der Waals surface area (Å²) in [6.07, 6.45) is 5.21. The van der Waals surface area contributed by atoms with Crippen LogP contribution in [0.3, 0.4) is 0 Å². The van der Waals surface area contributed by atoms with Crippen molar-refractivity contribution >= 4 is 17.3 Å². The predicted octanol–water partition coefficient (Wildman–Crippen LogP) is 3.58. The monoisotopic (exact) mass is 306 g/mol. The van der Waals surface area contributed by atoms with E-state index in [1.165, 1.54) is 31.2 Å². The molecular weight excluding hydrogens is 280 g/mol. The number of hydrogen-bond donors (Lipinski definition) is 1. The van der Waals surface area contributed by atoms with E-state index in [9.17, 15) is 0 Å². The third-order valence-corrected chi connectivity index (χ3v) is 4.78. The van der Waals surface area contributed by atoms with Crippen LogP contribution in [0.5, 0.6) is 5.75 Å². The maximum absolute atomic E-state index is 5.55. The van der Waals surface area contributed by atoms with Gasteiger partial charge in [0.1, 0.15) is 5.75 Å². The van der Waals surface area contributed by atoms with Gasteiger partial charge in [0.25, 0.3) is 0 Å². The molecule has 1 saturated carbocycles. The number of hydrogen-bond acceptors (Lipinski definition) is 2. The van der Waals surface area contributed by atoms with Crippen molar-refractivity contribution in [1.29, 1.82) is 0 Å². The quantitative estimate of drug-likeness (QED) is 0.859. The summed E-state index contributed by atoms with van der Waals surface area (Å²) in [6, 6.07) is 8.68. The van der Waals surface area contributed by atoms with Crippen molar-refractivity contribution < 1.29 is 4.74 Å². The Hall–Kier alpha value is -1.29. The second kappa shape index (κ2) is 7.64. The van der Waals surface area contributed by atoms with E-state index >= 15 is 0 Å². The fraction of sp³-hybridized carbons (Fsp3) is 0.588. The minimum Gasteiger partial charge on any atom is -0.497 e. The van der Waals surface area contributed by atoms with Crippen LogP contribution >= 0.6 is 12.2 Å². The molecule has 0 amide bonds. The Morgan fingerprint density at radius 1 is 1.29 bits per heavy atom. The first-order valence-electron chi connectivity index (χ1n) is 7.74. The highest BCUT2D eigenvalue weighted by atomic mass is 32.1. The normalized spacial score (nSPS) is 21.7. The highest BCUT2D eigenvalue weighted by Crippen LogP contribution is 2.24. The van der Waals surface area contributed by atoms with Gasteiger partial charge in [-0.3, -0.25) is 0 Å². The Balaban J connectivity index is 1.86. The molecule has 0 radical (unpaired) electrons. The number of rotatable bonds is 4. The lowest BCUT2D eigenvalue weighted by Crippen LogP contribution is -2.46. The molecule has 0 spiro atoms. The Morgan fingerprint density at radius 2 is 1.95 bits per heavy atom. The van der Waals surface area contributed by atoms with E-state index in [4.69, 9.17) is 17.0 Å². The van der Waals surface area contributed by atoms with Crippen molar-refractivity contribution in [2.45, 2.75) is 45.2 Å². The summed E-state index contributed by atoms with van der Waals surface area (Å²) < 4.78 is 5.18. The van der Waals surface area contributed by atoms with Crippen LogP contribution in [0.2, 0.25) is 0 Å². The van der Waals surface area contributed by atoms with Gasteiger partial charge in [0.05, 0.1) is 7.11 Å². The minimum atomic E-state index is 0.532. The molecule has 0 saturated heterocycles. The van der Waals surface area contributed by atoms with E-state index < -0.39 is 0 Å². The predicted molar refractivity (Wildman–Crippen MR) is 91.6 cm³/mol. The van der Waals surface area contributed by atoms with Crippen molar-refractivity contribution in [2.75, 3.05) is 14.2 Å². The molecule has 2 atom stereocenters. The van der Waals surface area contributed by atoms with Crippen LogP contribution in [-0.2, 0) is 6.54 Å². The van der Waals surface area contributed by atoms with Crippen molar-refractivity contribution in [3.63, 3.8) is 0 Å². The summed E-state index contributed by atoms with van der Waals surface area (Å²) in [5.41, 5.74) is 1.24. The van der Waals surface area contributed by atoms with Crippen molar-refractivity contribution in [3.8, 4) is 5.75 Å². The molecule has 0 bridgehead atoms. The molecule has 21 heavy (non-hydrogen) atoms. The highest BCUT2D eigenvalue weighted by molar-refractivity contribution is 7.80. The van der Waals surface area contributed by atoms with Gasteiger partial charge in [-0.05, 0) is 48.7 Å². The molecule has 1 fully saturated rings. The van der Waals surface area contributed by atoms with E-state index in [1.54, 1.807) is 7.11 Å². The summed E-state index contributed by atoms with van der Waals surface area (Å²) >= 11 is 5.55. The van der Waals surface area contributed by atoms with Gasteiger partial charge in [0, 0.05) is 19.6 Å². The minimum absolute atomic E-state index is 0.532. The van der Waals surface area contributed by atoms with Crippen LogP contribution in [0.15, 0.2) is 24.3 Å². The summed E-state index contributed by atoms with van der Waals surface area (Å²) in [6.45, 7) is 3.14. The molecule has 0 aliphatic heterocycles. The first-order valence-corrected chi connectivity index (χ1v) is 8.15. The highest BCUT2D eigenvalue weighted by Gasteiger charge is 2.22. The lowest BCUT2D eigenvalue weighted by atomic mass is 9.86. The van der Waals surface area contributed by atoms with E-state index in [1.807, 2.05) is 19.2 Å². The van der Waals surface area contributed by atoms with Crippen LogP contribution < -0.4 is 10.1 Å². The zero-order valence-corrected chi connectivity index (χ0v) is 14.1. The first kappa shape index (κ1) is 16.1. The Labute approximate surface area is 133 Å². The molecule has 2 rings (SSSR count). The topological polar surface area (TPSA) is 24.5 Å². The van der Waals surface area contributed by atoms with Gasteiger partial charge in [0.2, 0.25) is 0 Å². The zero-order valence-electron chi connectivity index (χ0n) is 13.3. The Bertz CT molecular complexity index is 460. The molecular formula is C17H26N2OS. The van der Waals surface area contributed by atoms with E-state index in [0.717, 1.165) is 17.4 Å². The number of benzene rings is 1. The van der Waals surface area contributed by atoms with Crippen LogP contribution in [0.25, 0.3) is 0 Å². The fourth-order valence-corrected chi connectivity index (χ4v) is 3.09. The van der Waals surface area contributed by atoms with Gasteiger partial charge in [0.15, 0.2) is 5.11 Å². The fourth-order valence-electron chi connectivity index (χ4n) is 2.88. The number of ether oxygens (including phenoxy) is 1. The average Bonchev–Trinajstić information content (AvgIpc) is 2.50. The lowest BCUT2D eigenvalue weighted by molar-refractivity contribution is 0.300. The smallest absolute Gasteiger partial charge is 0.169 e. The van der Waals surface area contributed by atoms with Crippen LogP contribution in [0.1, 0.15) is 38.2 Å². The maximum atomic E-state index is 5.55. The third kappa shape index (κ3) is 4.60. The van der Waals surface area contributed by atoms with Gasteiger partial charge < -0.3 is 15.0 Å². The standard InChI is InChI=1S/C17H26N2OS/c1-13-6-4-5-7-16(13)18-17(21)19(2)12-14-8-10-15(20-3)11-9-14/h8-11,13,16H,4-7,12H2,1-3H3,(H,18,21)/t13-,16+/m1/s1. The number of methoxy groups -OCH3 is 1. The summed E-state index contributed by atoms with van der Waals surface area (Å²) in [7, 11) is 3.73. The molecule has 1 aromatic rings. The van der Waals surface area contributed by atoms with Crippen LogP contribution in [0, 0.1) is 5.92 Å². The molecule has 1 aromatic carbocycles.